The third kappa shape index (κ3) is 16.1. The fraction of sp³-hybridized carbons (Fsp3) is 0.250. The van der Waals surface area contributed by atoms with Crippen molar-refractivity contribution in [2.45, 2.75) is 26.2 Å². The van der Waals surface area contributed by atoms with Gasteiger partial charge in [0.1, 0.15) is 0 Å². The monoisotopic (exact) mass is 322 g/mol. The number of benzene rings is 2. The summed E-state index contributed by atoms with van der Waals surface area (Å²) < 4.78 is 62.1. The molecule has 122 valence electrons. The molecule has 22 heavy (non-hydrogen) atoms. The first-order chi connectivity index (χ1) is 9.97. The van der Waals surface area contributed by atoms with Gasteiger partial charge < -0.3 is 0 Å². The van der Waals surface area contributed by atoms with Gasteiger partial charge in [-0.25, -0.2) is 0 Å². The minimum absolute atomic E-state index is 0.188. The van der Waals surface area contributed by atoms with Gasteiger partial charge in [-0.1, -0.05) is 60.7 Å². The van der Waals surface area contributed by atoms with E-state index in [-0.39, 0.29) is 13.8 Å². The molecule has 0 nitrogen and oxygen atoms in total. The fourth-order valence-electron chi connectivity index (χ4n) is 1.26. The summed E-state index contributed by atoms with van der Waals surface area (Å²) in [5.41, 5.74) is 2.55. The predicted molar refractivity (Wildman–Crippen MR) is 75.3 cm³/mol. The van der Waals surface area contributed by atoms with E-state index < -0.39 is 12.4 Å². The predicted octanol–water partition coefficient (Wildman–Crippen LogP) is 6.49. The second-order valence-electron chi connectivity index (χ2n) is 4.29. The van der Waals surface area contributed by atoms with E-state index in [9.17, 15) is 26.3 Å². The van der Waals surface area contributed by atoms with E-state index in [1.807, 2.05) is 12.1 Å². The van der Waals surface area contributed by atoms with Crippen LogP contribution in [0.1, 0.15) is 13.8 Å². The Morgan fingerprint density at radius 3 is 0.864 bits per heavy atom. The van der Waals surface area contributed by atoms with Gasteiger partial charge in [-0.05, 0) is 11.1 Å². The van der Waals surface area contributed by atoms with Crippen LogP contribution in [0.3, 0.4) is 0 Å². The second kappa shape index (κ2) is 9.12. The molecule has 0 aromatic heterocycles. The molecule has 0 aliphatic heterocycles. The normalized spacial score (nSPS) is 10.7. The van der Waals surface area contributed by atoms with Crippen LogP contribution in [0.25, 0.3) is 11.1 Å². The van der Waals surface area contributed by atoms with Crippen molar-refractivity contribution in [3.63, 3.8) is 0 Å². The quantitative estimate of drug-likeness (QED) is 0.526. The summed E-state index contributed by atoms with van der Waals surface area (Å²) in [6, 6.07) is 20.8. The fourth-order valence-corrected chi connectivity index (χ4v) is 1.26. The van der Waals surface area contributed by atoms with Crippen molar-refractivity contribution >= 4 is 0 Å². The topological polar surface area (TPSA) is 0 Å². The van der Waals surface area contributed by atoms with Crippen molar-refractivity contribution in [1.82, 2.24) is 0 Å². The zero-order valence-corrected chi connectivity index (χ0v) is 12.0. The van der Waals surface area contributed by atoms with Crippen molar-refractivity contribution < 1.29 is 26.3 Å². The zero-order valence-electron chi connectivity index (χ0n) is 12.0. The van der Waals surface area contributed by atoms with Gasteiger partial charge >= 0.3 is 12.4 Å². The maximum absolute atomic E-state index is 10.4. The highest BCUT2D eigenvalue weighted by Crippen LogP contribution is 2.17. The second-order valence-corrected chi connectivity index (χ2v) is 4.29. The van der Waals surface area contributed by atoms with Crippen molar-refractivity contribution in [2.24, 2.45) is 0 Å². The van der Waals surface area contributed by atoms with E-state index in [1.54, 1.807) is 0 Å². The van der Waals surface area contributed by atoms with Crippen LogP contribution < -0.4 is 0 Å². The molecule has 0 saturated heterocycles. The summed E-state index contributed by atoms with van der Waals surface area (Å²) in [6.45, 7) is 0.375. The molecule has 0 saturated carbocycles. The van der Waals surface area contributed by atoms with Gasteiger partial charge in [0.2, 0.25) is 0 Å². The lowest BCUT2D eigenvalue weighted by Gasteiger charge is -1.98. The minimum Gasteiger partial charge on any atom is -0.172 e. The number of rotatable bonds is 1. The molecule has 0 atom stereocenters. The highest BCUT2D eigenvalue weighted by molar-refractivity contribution is 5.62. The number of alkyl halides is 6. The molecule has 0 aliphatic carbocycles. The van der Waals surface area contributed by atoms with Gasteiger partial charge in [-0.15, -0.1) is 0 Å². The maximum Gasteiger partial charge on any atom is 0.386 e. The van der Waals surface area contributed by atoms with Gasteiger partial charge in [-0.3, -0.25) is 0 Å². The Labute approximate surface area is 125 Å². The number of hydrogen-bond acceptors (Lipinski definition) is 0. The van der Waals surface area contributed by atoms with Crippen LogP contribution in [-0.2, 0) is 0 Å². The van der Waals surface area contributed by atoms with Gasteiger partial charge in [0.15, 0.2) is 0 Å². The Morgan fingerprint density at radius 1 is 0.500 bits per heavy atom. The Hall–Kier alpha value is -1.98. The average molecular weight is 322 g/mol. The van der Waals surface area contributed by atoms with E-state index in [0.717, 1.165) is 0 Å². The van der Waals surface area contributed by atoms with Crippen molar-refractivity contribution in [1.29, 1.82) is 0 Å². The lowest BCUT2D eigenvalue weighted by Crippen LogP contribution is -1.95. The standard InChI is InChI=1S/C12H10.2C2H3F3/c1-3-7-11(8-4-1)12-9-5-2-6-10-12;2*1-2(3,4)5/h1-10H;2*1H3. The largest absolute Gasteiger partial charge is 0.386 e. The first-order valence-electron chi connectivity index (χ1n) is 6.21. The lowest BCUT2D eigenvalue weighted by molar-refractivity contribution is -0.111. The number of halogens is 6. The van der Waals surface area contributed by atoms with Gasteiger partial charge in [0.25, 0.3) is 0 Å². The molecule has 0 aliphatic rings. The average Bonchev–Trinajstić information content (AvgIpc) is 2.37. The summed E-state index contributed by atoms with van der Waals surface area (Å²) in [5, 5.41) is 0. The van der Waals surface area contributed by atoms with Crippen molar-refractivity contribution in [3.05, 3.63) is 60.7 Å². The molecule has 0 amide bonds. The first kappa shape index (κ1) is 20.0. The Balaban J connectivity index is 0.000000372. The van der Waals surface area contributed by atoms with Crippen LogP contribution in [0.15, 0.2) is 60.7 Å². The Bertz CT molecular complexity index is 438. The van der Waals surface area contributed by atoms with Crippen LogP contribution in [-0.4, -0.2) is 12.4 Å². The van der Waals surface area contributed by atoms with E-state index in [1.165, 1.54) is 11.1 Å². The number of hydrogen-bond donors (Lipinski definition) is 0. The molecule has 2 aromatic carbocycles. The van der Waals surface area contributed by atoms with Gasteiger partial charge in [0, 0.05) is 13.8 Å². The molecule has 0 fully saturated rings. The molecule has 0 heterocycles. The Kier molecular flexibility index (Phi) is 8.30. The Morgan fingerprint density at radius 2 is 0.682 bits per heavy atom. The summed E-state index contributed by atoms with van der Waals surface area (Å²) in [5.74, 6) is 0. The van der Waals surface area contributed by atoms with Crippen LogP contribution in [0.4, 0.5) is 26.3 Å². The van der Waals surface area contributed by atoms with E-state index in [4.69, 9.17) is 0 Å². The highest BCUT2D eigenvalue weighted by atomic mass is 19.4. The first-order valence-corrected chi connectivity index (χ1v) is 6.21. The summed E-state index contributed by atoms with van der Waals surface area (Å²) >= 11 is 0. The third-order valence-corrected chi connectivity index (χ3v) is 1.88. The lowest BCUT2D eigenvalue weighted by atomic mass is 10.1. The molecule has 0 unspecified atom stereocenters. The van der Waals surface area contributed by atoms with E-state index >= 15 is 0 Å². The minimum atomic E-state index is -4.00. The molecule has 0 bridgehead atoms. The summed E-state index contributed by atoms with van der Waals surface area (Å²) in [7, 11) is 0. The molecule has 0 radical (unpaired) electrons. The van der Waals surface area contributed by atoms with Crippen LogP contribution >= 0.6 is 0 Å². The zero-order chi connectivity index (χ0) is 17.2. The van der Waals surface area contributed by atoms with Crippen molar-refractivity contribution in [2.75, 3.05) is 0 Å². The summed E-state index contributed by atoms with van der Waals surface area (Å²) in [6.07, 6.45) is -8.00. The molecule has 0 N–H and O–H groups in total. The SMILES string of the molecule is CC(F)(F)F.CC(F)(F)F.c1ccc(-c2ccccc2)cc1. The van der Waals surface area contributed by atoms with Crippen LogP contribution in [0.5, 0.6) is 0 Å². The van der Waals surface area contributed by atoms with Crippen molar-refractivity contribution in [3.8, 4) is 11.1 Å². The smallest absolute Gasteiger partial charge is 0.172 e. The molecule has 2 rings (SSSR count). The maximum atomic E-state index is 10.4. The molecule has 0 spiro atoms. The molecule has 6 heteroatoms. The van der Waals surface area contributed by atoms with Crippen LogP contribution in [0, 0.1) is 0 Å². The molecule has 2 aromatic rings. The van der Waals surface area contributed by atoms with Crippen LogP contribution in [0.2, 0.25) is 0 Å². The van der Waals surface area contributed by atoms with Gasteiger partial charge in [-0.2, -0.15) is 26.3 Å². The summed E-state index contributed by atoms with van der Waals surface area (Å²) in [4.78, 5) is 0. The third-order valence-electron chi connectivity index (χ3n) is 1.88. The molecular weight excluding hydrogens is 306 g/mol. The van der Waals surface area contributed by atoms with Gasteiger partial charge in [0.05, 0.1) is 0 Å². The highest BCUT2D eigenvalue weighted by Gasteiger charge is 2.16. The van der Waals surface area contributed by atoms with E-state index in [0.29, 0.717) is 0 Å². The molecular formula is C16H16F6. The van der Waals surface area contributed by atoms with E-state index in [2.05, 4.69) is 48.5 Å².